The number of aromatic nitrogens is 1. The van der Waals surface area contributed by atoms with E-state index in [2.05, 4.69) is 49.0 Å². The normalized spacial score (nSPS) is 11.2. The molecule has 0 aromatic carbocycles. The molecule has 17 heavy (non-hydrogen) atoms. The summed E-state index contributed by atoms with van der Waals surface area (Å²) in [5.74, 6) is 1.76. The van der Waals surface area contributed by atoms with Crippen molar-refractivity contribution in [1.82, 2.24) is 10.3 Å². The number of anilines is 1. The molecule has 3 heteroatoms. The van der Waals surface area contributed by atoms with Crippen molar-refractivity contribution in [3.8, 4) is 0 Å². The van der Waals surface area contributed by atoms with E-state index in [-0.39, 0.29) is 0 Å². The molecule has 1 N–H and O–H groups in total. The lowest BCUT2D eigenvalue weighted by Crippen LogP contribution is -2.35. The molecule has 0 aliphatic heterocycles. The quantitative estimate of drug-likeness (QED) is 0.821. The Balaban J connectivity index is 3.00. The summed E-state index contributed by atoms with van der Waals surface area (Å²) in [7, 11) is 1.97. The van der Waals surface area contributed by atoms with E-state index in [0.717, 1.165) is 18.9 Å². The fourth-order valence-electron chi connectivity index (χ4n) is 1.95. The molecule has 0 spiro atoms. The first-order valence-electron chi connectivity index (χ1n) is 6.41. The average Bonchev–Trinajstić information content (AvgIpc) is 2.27. The molecule has 0 unspecified atom stereocenters. The topological polar surface area (TPSA) is 28.2 Å². The minimum Gasteiger partial charge on any atom is -0.354 e. The number of nitrogens with zero attached hydrogens (tertiary/aromatic N) is 2. The van der Waals surface area contributed by atoms with Gasteiger partial charge in [-0.1, -0.05) is 19.9 Å². The zero-order chi connectivity index (χ0) is 12.8. The highest BCUT2D eigenvalue weighted by atomic mass is 15.2. The van der Waals surface area contributed by atoms with Crippen LogP contribution in [0.15, 0.2) is 18.3 Å². The molecule has 0 saturated carbocycles. The maximum Gasteiger partial charge on any atom is 0.133 e. The van der Waals surface area contributed by atoms with Gasteiger partial charge in [-0.05, 0) is 32.9 Å². The summed E-state index contributed by atoms with van der Waals surface area (Å²) in [4.78, 5) is 6.94. The summed E-state index contributed by atoms with van der Waals surface area (Å²) in [6.45, 7) is 10.8. The lowest BCUT2D eigenvalue weighted by Gasteiger charge is -2.31. The Bertz CT molecular complexity index is 334. The molecule has 0 aliphatic carbocycles. The van der Waals surface area contributed by atoms with Crippen LogP contribution in [0.2, 0.25) is 0 Å². The Morgan fingerprint density at radius 2 is 2.00 bits per heavy atom. The standard InChI is InChI=1S/C14H25N3/c1-11(2)10-17(12(3)4)14-13(9-15-5)7-6-8-16-14/h6-8,11-12,15H,9-10H2,1-5H3. The van der Waals surface area contributed by atoms with Gasteiger partial charge in [-0.25, -0.2) is 4.98 Å². The third kappa shape index (κ3) is 4.00. The molecule has 96 valence electrons. The van der Waals surface area contributed by atoms with Crippen LogP contribution in [0.5, 0.6) is 0 Å². The Morgan fingerprint density at radius 3 is 2.53 bits per heavy atom. The van der Waals surface area contributed by atoms with Gasteiger partial charge in [0.05, 0.1) is 0 Å². The van der Waals surface area contributed by atoms with E-state index in [1.165, 1.54) is 5.56 Å². The van der Waals surface area contributed by atoms with Crippen molar-refractivity contribution in [3.63, 3.8) is 0 Å². The predicted molar refractivity (Wildman–Crippen MR) is 74.3 cm³/mol. The summed E-state index contributed by atoms with van der Waals surface area (Å²) < 4.78 is 0. The minimum absolute atomic E-state index is 0.475. The molecule has 0 aliphatic rings. The number of rotatable bonds is 6. The maximum absolute atomic E-state index is 4.56. The SMILES string of the molecule is CNCc1cccnc1N(CC(C)C)C(C)C. The lowest BCUT2D eigenvalue weighted by molar-refractivity contribution is 0.563. The highest BCUT2D eigenvalue weighted by molar-refractivity contribution is 5.47. The third-order valence-electron chi connectivity index (χ3n) is 2.69. The predicted octanol–water partition coefficient (Wildman–Crippen LogP) is 2.67. The molecule has 1 heterocycles. The molecule has 0 atom stereocenters. The van der Waals surface area contributed by atoms with Crippen molar-refractivity contribution in [2.45, 2.75) is 40.3 Å². The molecular formula is C14H25N3. The largest absolute Gasteiger partial charge is 0.354 e. The first-order chi connectivity index (χ1) is 8.06. The van der Waals surface area contributed by atoms with E-state index >= 15 is 0 Å². The monoisotopic (exact) mass is 235 g/mol. The maximum atomic E-state index is 4.56. The molecule has 3 nitrogen and oxygen atoms in total. The Labute approximate surface area is 105 Å². The van der Waals surface area contributed by atoms with Crippen LogP contribution in [-0.4, -0.2) is 24.6 Å². The van der Waals surface area contributed by atoms with Crippen LogP contribution >= 0.6 is 0 Å². The first-order valence-corrected chi connectivity index (χ1v) is 6.41. The summed E-state index contributed by atoms with van der Waals surface area (Å²) in [5.41, 5.74) is 1.27. The first kappa shape index (κ1) is 14.0. The van der Waals surface area contributed by atoms with Crippen LogP contribution < -0.4 is 10.2 Å². The fraction of sp³-hybridized carbons (Fsp3) is 0.643. The van der Waals surface area contributed by atoms with Gasteiger partial charge < -0.3 is 10.2 Å². The smallest absolute Gasteiger partial charge is 0.133 e. The number of hydrogen-bond donors (Lipinski definition) is 1. The summed E-state index contributed by atoms with van der Waals surface area (Å²) in [5, 5.41) is 3.20. The van der Waals surface area contributed by atoms with Gasteiger partial charge in [-0.15, -0.1) is 0 Å². The number of pyridine rings is 1. The van der Waals surface area contributed by atoms with Crippen molar-refractivity contribution in [1.29, 1.82) is 0 Å². The van der Waals surface area contributed by atoms with Gasteiger partial charge in [0.15, 0.2) is 0 Å². The second-order valence-electron chi connectivity index (χ2n) is 5.16. The Kier molecular flexibility index (Phi) is 5.42. The van der Waals surface area contributed by atoms with E-state index in [1.54, 1.807) is 0 Å². The van der Waals surface area contributed by atoms with Crippen LogP contribution in [0.25, 0.3) is 0 Å². The molecule has 0 radical (unpaired) electrons. The highest BCUT2D eigenvalue weighted by Crippen LogP contribution is 2.20. The van der Waals surface area contributed by atoms with Crippen molar-refractivity contribution in [2.75, 3.05) is 18.5 Å². The van der Waals surface area contributed by atoms with E-state index < -0.39 is 0 Å². The van der Waals surface area contributed by atoms with Crippen LogP contribution in [-0.2, 0) is 6.54 Å². The highest BCUT2D eigenvalue weighted by Gasteiger charge is 2.16. The molecule has 0 amide bonds. The Morgan fingerprint density at radius 1 is 1.29 bits per heavy atom. The number of nitrogens with one attached hydrogen (secondary N) is 1. The van der Waals surface area contributed by atoms with E-state index in [4.69, 9.17) is 0 Å². The van der Waals surface area contributed by atoms with Crippen LogP contribution in [0.1, 0.15) is 33.3 Å². The van der Waals surface area contributed by atoms with Gasteiger partial charge >= 0.3 is 0 Å². The minimum atomic E-state index is 0.475. The fourth-order valence-corrected chi connectivity index (χ4v) is 1.95. The summed E-state index contributed by atoms with van der Waals surface area (Å²) in [6, 6.07) is 4.63. The molecule has 0 saturated heterocycles. The van der Waals surface area contributed by atoms with Gasteiger partial charge in [-0.2, -0.15) is 0 Å². The van der Waals surface area contributed by atoms with Crippen molar-refractivity contribution < 1.29 is 0 Å². The second kappa shape index (κ2) is 6.60. The van der Waals surface area contributed by atoms with Crippen LogP contribution in [0.3, 0.4) is 0 Å². The van der Waals surface area contributed by atoms with Gasteiger partial charge in [0.2, 0.25) is 0 Å². The van der Waals surface area contributed by atoms with Gasteiger partial charge in [0.25, 0.3) is 0 Å². The lowest BCUT2D eigenvalue weighted by atomic mass is 10.1. The van der Waals surface area contributed by atoms with E-state index in [9.17, 15) is 0 Å². The van der Waals surface area contributed by atoms with Gasteiger partial charge in [-0.3, -0.25) is 0 Å². The van der Waals surface area contributed by atoms with Crippen molar-refractivity contribution >= 4 is 5.82 Å². The average molecular weight is 235 g/mol. The van der Waals surface area contributed by atoms with Crippen molar-refractivity contribution in [2.24, 2.45) is 5.92 Å². The second-order valence-corrected chi connectivity index (χ2v) is 5.16. The zero-order valence-corrected chi connectivity index (χ0v) is 11.7. The van der Waals surface area contributed by atoms with Crippen molar-refractivity contribution in [3.05, 3.63) is 23.9 Å². The molecule has 1 rings (SSSR count). The third-order valence-corrected chi connectivity index (χ3v) is 2.69. The van der Waals surface area contributed by atoms with Crippen LogP contribution in [0, 0.1) is 5.92 Å². The molecule has 1 aromatic rings. The van der Waals surface area contributed by atoms with E-state index in [1.807, 2.05) is 19.3 Å². The summed E-state index contributed by atoms with van der Waals surface area (Å²) in [6.07, 6.45) is 1.88. The molecule has 0 fully saturated rings. The zero-order valence-electron chi connectivity index (χ0n) is 11.7. The molecular weight excluding hydrogens is 210 g/mol. The number of hydrogen-bond acceptors (Lipinski definition) is 3. The van der Waals surface area contributed by atoms with Gasteiger partial charge in [0.1, 0.15) is 5.82 Å². The molecule has 1 aromatic heterocycles. The molecule has 0 bridgehead atoms. The van der Waals surface area contributed by atoms with Crippen LogP contribution in [0.4, 0.5) is 5.82 Å². The van der Waals surface area contributed by atoms with Gasteiger partial charge in [0, 0.05) is 30.9 Å². The van der Waals surface area contributed by atoms with E-state index in [0.29, 0.717) is 12.0 Å². The Hall–Kier alpha value is -1.09. The summed E-state index contributed by atoms with van der Waals surface area (Å²) >= 11 is 0.